The van der Waals surface area contributed by atoms with Crippen LogP contribution in [0.25, 0.3) is 0 Å². The summed E-state index contributed by atoms with van der Waals surface area (Å²) in [5.41, 5.74) is 1.23. The fraction of sp³-hybridized carbons (Fsp3) is 0.400. The first-order chi connectivity index (χ1) is 14.8. The molecular formula is C25H26ClNO4. The minimum Gasteiger partial charge on any atom is -0.458 e. The van der Waals surface area contributed by atoms with Gasteiger partial charge < -0.3 is 4.74 Å². The van der Waals surface area contributed by atoms with E-state index in [2.05, 4.69) is 20.8 Å². The van der Waals surface area contributed by atoms with Gasteiger partial charge in [-0.25, -0.2) is 9.69 Å². The van der Waals surface area contributed by atoms with E-state index in [4.69, 9.17) is 16.3 Å². The molecule has 3 unspecified atom stereocenters. The molecule has 5 nitrogen and oxygen atoms in total. The predicted molar refractivity (Wildman–Crippen MR) is 120 cm³/mol. The van der Waals surface area contributed by atoms with Crippen LogP contribution in [-0.4, -0.2) is 23.9 Å². The highest BCUT2D eigenvalue weighted by Gasteiger charge is 2.38. The molecule has 4 rings (SSSR count). The molecule has 162 valence electrons. The molecule has 2 aromatic carbocycles. The molecule has 1 aliphatic carbocycles. The average molecular weight is 440 g/mol. The first-order valence-corrected chi connectivity index (χ1v) is 11.1. The third kappa shape index (κ3) is 4.11. The van der Waals surface area contributed by atoms with E-state index < -0.39 is 17.8 Å². The Balaban J connectivity index is 1.57. The van der Waals surface area contributed by atoms with Crippen molar-refractivity contribution in [2.75, 3.05) is 4.90 Å². The number of fused-ring (bicyclic) bond motifs is 1. The van der Waals surface area contributed by atoms with E-state index >= 15 is 0 Å². The van der Waals surface area contributed by atoms with E-state index in [0.29, 0.717) is 34.0 Å². The van der Waals surface area contributed by atoms with E-state index in [1.54, 1.807) is 30.3 Å². The first-order valence-electron chi connectivity index (χ1n) is 10.8. The molecule has 1 fully saturated rings. The summed E-state index contributed by atoms with van der Waals surface area (Å²) in [6.45, 7) is 6.50. The lowest BCUT2D eigenvalue weighted by molar-refractivity contribution is -0.0174. The number of ether oxygens (including phenoxy) is 1. The molecule has 6 heteroatoms. The van der Waals surface area contributed by atoms with Gasteiger partial charge in [0, 0.05) is 5.02 Å². The van der Waals surface area contributed by atoms with E-state index in [1.807, 2.05) is 0 Å². The molecule has 1 aliphatic heterocycles. The van der Waals surface area contributed by atoms with Gasteiger partial charge in [0.25, 0.3) is 11.8 Å². The lowest BCUT2D eigenvalue weighted by Gasteiger charge is -2.36. The molecule has 0 spiro atoms. The maximum absolute atomic E-state index is 13.0. The molecular weight excluding hydrogens is 414 g/mol. The summed E-state index contributed by atoms with van der Waals surface area (Å²) in [5.74, 6) is -0.0418. The van der Waals surface area contributed by atoms with Crippen molar-refractivity contribution in [3.63, 3.8) is 0 Å². The van der Waals surface area contributed by atoms with E-state index in [-0.39, 0.29) is 17.2 Å². The summed E-state index contributed by atoms with van der Waals surface area (Å²) in [5, 5.41) is 0.516. The second-order valence-corrected chi connectivity index (χ2v) is 9.39. The van der Waals surface area contributed by atoms with Crippen LogP contribution >= 0.6 is 11.6 Å². The largest absolute Gasteiger partial charge is 0.458 e. The van der Waals surface area contributed by atoms with Gasteiger partial charge in [0.2, 0.25) is 0 Å². The molecule has 3 atom stereocenters. The fourth-order valence-electron chi connectivity index (χ4n) is 4.65. The van der Waals surface area contributed by atoms with Gasteiger partial charge in [-0.1, -0.05) is 38.8 Å². The number of imide groups is 1. The summed E-state index contributed by atoms with van der Waals surface area (Å²) < 4.78 is 5.90. The zero-order valence-corrected chi connectivity index (χ0v) is 18.7. The average Bonchev–Trinajstić information content (AvgIpc) is 2.98. The number of benzene rings is 2. The van der Waals surface area contributed by atoms with Crippen molar-refractivity contribution in [1.29, 1.82) is 0 Å². The first kappa shape index (κ1) is 21.6. The van der Waals surface area contributed by atoms with Crippen LogP contribution in [0.2, 0.25) is 5.02 Å². The molecule has 2 aliphatic rings. The number of esters is 1. The molecule has 0 radical (unpaired) electrons. The van der Waals surface area contributed by atoms with Crippen molar-refractivity contribution in [2.24, 2.45) is 17.8 Å². The molecule has 2 aromatic rings. The standard InChI is InChI=1S/C25H26ClNO4/c1-14(2)19-10-4-15(3)12-22(19)31-25(30)16-5-11-20-21(13-16)24(29)27(23(20)28)18-8-6-17(26)7-9-18/h5-9,11,13-15,19,22H,4,10,12H2,1-3H3. The monoisotopic (exact) mass is 439 g/mol. The topological polar surface area (TPSA) is 63.7 Å². The number of halogens is 1. The summed E-state index contributed by atoms with van der Waals surface area (Å²) >= 11 is 5.91. The van der Waals surface area contributed by atoms with E-state index in [1.165, 1.54) is 12.1 Å². The quantitative estimate of drug-likeness (QED) is 0.449. The highest BCUT2D eigenvalue weighted by Crippen LogP contribution is 2.36. The third-order valence-electron chi connectivity index (χ3n) is 6.43. The highest BCUT2D eigenvalue weighted by molar-refractivity contribution is 6.35. The molecule has 31 heavy (non-hydrogen) atoms. The Kier molecular flexibility index (Phi) is 5.89. The second-order valence-electron chi connectivity index (χ2n) is 8.95. The van der Waals surface area contributed by atoms with Gasteiger partial charge in [-0.15, -0.1) is 0 Å². The number of carbonyl (C=O) groups excluding carboxylic acids is 3. The van der Waals surface area contributed by atoms with Crippen molar-refractivity contribution in [3.05, 3.63) is 64.2 Å². The lowest BCUT2D eigenvalue weighted by Crippen LogP contribution is -2.35. The Labute approximate surface area is 187 Å². The highest BCUT2D eigenvalue weighted by atomic mass is 35.5. The molecule has 1 heterocycles. The van der Waals surface area contributed by atoms with E-state index in [0.717, 1.165) is 24.2 Å². The molecule has 0 N–H and O–H groups in total. The van der Waals surface area contributed by atoms with Crippen LogP contribution in [0.4, 0.5) is 5.69 Å². The predicted octanol–water partition coefficient (Wildman–Crippen LogP) is 5.76. The van der Waals surface area contributed by atoms with Gasteiger partial charge in [0.05, 0.1) is 22.4 Å². The number of amides is 2. The van der Waals surface area contributed by atoms with Crippen LogP contribution in [0.5, 0.6) is 0 Å². The fourth-order valence-corrected chi connectivity index (χ4v) is 4.77. The number of hydrogen-bond donors (Lipinski definition) is 0. The van der Waals surface area contributed by atoms with Crippen LogP contribution in [-0.2, 0) is 4.74 Å². The summed E-state index contributed by atoms with van der Waals surface area (Å²) in [6, 6.07) is 11.1. The normalized spacial score (nSPS) is 23.3. The molecule has 2 amide bonds. The van der Waals surface area contributed by atoms with Crippen LogP contribution in [0, 0.1) is 17.8 Å². The lowest BCUT2D eigenvalue weighted by atomic mass is 9.75. The van der Waals surface area contributed by atoms with Crippen molar-refractivity contribution in [3.8, 4) is 0 Å². The van der Waals surface area contributed by atoms with Gasteiger partial charge in [-0.3, -0.25) is 9.59 Å². The van der Waals surface area contributed by atoms with Gasteiger partial charge in [0.15, 0.2) is 0 Å². The van der Waals surface area contributed by atoms with E-state index in [9.17, 15) is 14.4 Å². The summed E-state index contributed by atoms with van der Waals surface area (Å²) in [7, 11) is 0. The molecule has 0 bridgehead atoms. The number of carbonyl (C=O) groups is 3. The molecule has 0 aromatic heterocycles. The van der Waals surface area contributed by atoms with Crippen molar-refractivity contribution >= 4 is 35.1 Å². The van der Waals surface area contributed by atoms with Crippen LogP contribution in [0.3, 0.4) is 0 Å². The summed E-state index contributed by atoms with van der Waals surface area (Å²) in [4.78, 5) is 39.8. The smallest absolute Gasteiger partial charge is 0.338 e. The Hall–Kier alpha value is -2.66. The van der Waals surface area contributed by atoms with Gasteiger partial charge >= 0.3 is 5.97 Å². The van der Waals surface area contributed by atoms with Gasteiger partial charge in [0.1, 0.15) is 6.10 Å². The number of rotatable bonds is 4. The minimum absolute atomic E-state index is 0.132. The number of anilines is 1. The van der Waals surface area contributed by atoms with Crippen LogP contribution < -0.4 is 4.90 Å². The Bertz CT molecular complexity index is 1030. The van der Waals surface area contributed by atoms with Crippen LogP contribution in [0.15, 0.2) is 42.5 Å². The van der Waals surface area contributed by atoms with Crippen molar-refractivity contribution < 1.29 is 19.1 Å². The number of nitrogens with zero attached hydrogens (tertiary/aromatic N) is 1. The Morgan fingerprint density at radius 3 is 2.39 bits per heavy atom. The maximum Gasteiger partial charge on any atom is 0.338 e. The SMILES string of the molecule is CC1CCC(C(C)C)C(OC(=O)c2ccc3c(c2)C(=O)N(c2ccc(Cl)cc2)C3=O)C1. The Morgan fingerprint density at radius 2 is 1.71 bits per heavy atom. The van der Waals surface area contributed by atoms with Crippen LogP contribution in [0.1, 0.15) is 71.1 Å². The number of hydrogen-bond acceptors (Lipinski definition) is 4. The van der Waals surface area contributed by atoms with Crippen molar-refractivity contribution in [1.82, 2.24) is 0 Å². The third-order valence-corrected chi connectivity index (χ3v) is 6.68. The summed E-state index contributed by atoms with van der Waals surface area (Å²) in [6.07, 6.45) is 2.91. The zero-order chi connectivity index (χ0) is 22.3. The molecule has 1 saturated carbocycles. The molecule has 0 saturated heterocycles. The maximum atomic E-state index is 13.0. The van der Waals surface area contributed by atoms with Gasteiger partial charge in [-0.05, 0) is 73.1 Å². The zero-order valence-electron chi connectivity index (χ0n) is 17.9. The minimum atomic E-state index is -0.455. The second kappa shape index (κ2) is 8.46. The van der Waals surface area contributed by atoms with Gasteiger partial charge in [-0.2, -0.15) is 0 Å². The Morgan fingerprint density at radius 1 is 1.03 bits per heavy atom. The van der Waals surface area contributed by atoms with Crippen molar-refractivity contribution in [2.45, 2.75) is 46.1 Å².